The Balaban J connectivity index is 2.63. The second-order valence-electron chi connectivity index (χ2n) is 5.36. The summed E-state index contributed by atoms with van der Waals surface area (Å²) in [7, 11) is -2.96. The Morgan fingerprint density at radius 3 is 2.37 bits per heavy atom. The van der Waals surface area contributed by atoms with Crippen LogP contribution in [0.5, 0.6) is 0 Å². The van der Waals surface area contributed by atoms with Crippen molar-refractivity contribution in [3.8, 4) is 0 Å². The van der Waals surface area contributed by atoms with E-state index < -0.39 is 9.84 Å². The van der Waals surface area contributed by atoms with E-state index in [4.69, 9.17) is 11.6 Å². The van der Waals surface area contributed by atoms with Gasteiger partial charge in [-0.05, 0) is 50.7 Å². The van der Waals surface area contributed by atoms with Gasteiger partial charge in [-0.25, -0.2) is 8.42 Å². The minimum atomic E-state index is -2.96. The van der Waals surface area contributed by atoms with E-state index in [0.29, 0.717) is 12.3 Å². The first kappa shape index (κ1) is 16.5. The molecule has 2 nitrogen and oxygen atoms in total. The Labute approximate surface area is 122 Å². The number of aryl methyl sites for hydroxylation is 1. The van der Waals surface area contributed by atoms with Crippen LogP contribution in [0.3, 0.4) is 0 Å². The fourth-order valence-electron chi connectivity index (χ4n) is 1.95. The van der Waals surface area contributed by atoms with E-state index in [1.165, 1.54) is 11.1 Å². The SMILES string of the molecule is Cc1ccccc1CC(CCl)CCS(=O)(=O)C(C)C. The molecule has 1 aromatic rings. The molecule has 0 bridgehead atoms. The first-order chi connectivity index (χ1) is 8.86. The van der Waals surface area contributed by atoms with Gasteiger partial charge in [0.25, 0.3) is 0 Å². The Morgan fingerprint density at radius 1 is 1.21 bits per heavy atom. The molecule has 4 heteroatoms. The summed E-state index contributed by atoms with van der Waals surface area (Å²) < 4.78 is 23.7. The summed E-state index contributed by atoms with van der Waals surface area (Å²) in [5.74, 6) is 0.951. The van der Waals surface area contributed by atoms with Gasteiger partial charge in [0.05, 0.1) is 11.0 Å². The largest absolute Gasteiger partial charge is 0.229 e. The molecular formula is C15H23ClO2S. The zero-order valence-electron chi connectivity index (χ0n) is 11.9. The van der Waals surface area contributed by atoms with E-state index in [1.54, 1.807) is 13.8 Å². The highest BCUT2D eigenvalue weighted by Gasteiger charge is 2.19. The lowest BCUT2D eigenvalue weighted by Gasteiger charge is -2.16. The standard InChI is InChI=1S/C15H23ClO2S/c1-12(2)19(17,18)9-8-14(11-16)10-15-7-5-4-6-13(15)3/h4-7,12,14H,8-11H2,1-3H3. The summed E-state index contributed by atoms with van der Waals surface area (Å²) in [4.78, 5) is 0. The van der Waals surface area contributed by atoms with E-state index in [1.807, 2.05) is 12.1 Å². The lowest BCUT2D eigenvalue weighted by Crippen LogP contribution is -2.21. The number of alkyl halides is 1. The average molecular weight is 303 g/mol. The molecule has 0 amide bonds. The van der Waals surface area contributed by atoms with Gasteiger partial charge < -0.3 is 0 Å². The van der Waals surface area contributed by atoms with Crippen LogP contribution in [-0.2, 0) is 16.3 Å². The number of sulfone groups is 1. The smallest absolute Gasteiger partial charge is 0.152 e. The van der Waals surface area contributed by atoms with E-state index in [-0.39, 0.29) is 16.9 Å². The van der Waals surface area contributed by atoms with Crippen molar-refractivity contribution in [2.45, 2.75) is 38.9 Å². The molecule has 0 spiro atoms. The Bertz CT molecular complexity index is 495. The van der Waals surface area contributed by atoms with Gasteiger partial charge in [0.15, 0.2) is 9.84 Å². The number of hydrogen-bond donors (Lipinski definition) is 0. The predicted molar refractivity (Wildman–Crippen MR) is 82.6 cm³/mol. The third-order valence-corrected chi connectivity index (χ3v) is 6.19. The minimum Gasteiger partial charge on any atom is -0.229 e. The van der Waals surface area contributed by atoms with Gasteiger partial charge in [0, 0.05) is 5.88 Å². The maximum Gasteiger partial charge on any atom is 0.152 e. The quantitative estimate of drug-likeness (QED) is 0.721. The molecule has 0 aliphatic rings. The molecule has 0 saturated carbocycles. The molecule has 1 unspecified atom stereocenters. The van der Waals surface area contributed by atoms with Crippen LogP contribution in [0.15, 0.2) is 24.3 Å². The number of benzene rings is 1. The topological polar surface area (TPSA) is 34.1 Å². The van der Waals surface area contributed by atoms with Crippen molar-refractivity contribution >= 4 is 21.4 Å². The number of hydrogen-bond acceptors (Lipinski definition) is 2. The summed E-state index contributed by atoms with van der Waals surface area (Å²) in [6, 6.07) is 8.19. The Morgan fingerprint density at radius 2 is 1.84 bits per heavy atom. The first-order valence-corrected chi connectivity index (χ1v) is 8.94. The van der Waals surface area contributed by atoms with Crippen molar-refractivity contribution in [1.82, 2.24) is 0 Å². The van der Waals surface area contributed by atoms with Crippen LogP contribution in [0.25, 0.3) is 0 Å². The van der Waals surface area contributed by atoms with Crippen LogP contribution in [0, 0.1) is 12.8 Å². The van der Waals surface area contributed by atoms with Gasteiger partial charge in [0.1, 0.15) is 0 Å². The van der Waals surface area contributed by atoms with Crippen LogP contribution in [0.1, 0.15) is 31.4 Å². The summed E-state index contributed by atoms with van der Waals surface area (Å²) in [6.07, 6.45) is 1.49. The summed E-state index contributed by atoms with van der Waals surface area (Å²) in [5.41, 5.74) is 2.50. The van der Waals surface area contributed by atoms with E-state index >= 15 is 0 Å². The molecular weight excluding hydrogens is 280 g/mol. The van der Waals surface area contributed by atoms with Crippen molar-refractivity contribution in [3.63, 3.8) is 0 Å². The van der Waals surface area contributed by atoms with Crippen molar-refractivity contribution < 1.29 is 8.42 Å². The Hall–Kier alpha value is -0.540. The minimum absolute atomic E-state index is 0.219. The van der Waals surface area contributed by atoms with Crippen LogP contribution in [-0.4, -0.2) is 25.3 Å². The highest BCUT2D eigenvalue weighted by molar-refractivity contribution is 7.91. The molecule has 1 atom stereocenters. The van der Waals surface area contributed by atoms with Gasteiger partial charge in [0.2, 0.25) is 0 Å². The molecule has 0 saturated heterocycles. The zero-order valence-corrected chi connectivity index (χ0v) is 13.5. The second-order valence-corrected chi connectivity index (χ2v) is 8.34. The maximum atomic E-state index is 11.8. The monoisotopic (exact) mass is 302 g/mol. The predicted octanol–water partition coefficient (Wildman–Crippen LogP) is 3.61. The number of rotatable bonds is 7. The van der Waals surface area contributed by atoms with Crippen molar-refractivity contribution in [2.24, 2.45) is 5.92 Å². The molecule has 0 fully saturated rings. The van der Waals surface area contributed by atoms with Crippen molar-refractivity contribution in [1.29, 1.82) is 0 Å². The molecule has 19 heavy (non-hydrogen) atoms. The maximum absolute atomic E-state index is 11.8. The van der Waals surface area contributed by atoms with E-state index in [2.05, 4.69) is 19.1 Å². The first-order valence-electron chi connectivity index (χ1n) is 6.69. The molecule has 1 aromatic carbocycles. The average Bonchev–Trinajstić information content (AvgIpc) is 2.36. The fraction of sp³-hybridized carbons (Fsp3) is 0.600. The normalized spacial score (nSPS) is 13.7. The molecule has 0 aromatic heterocycles. The van der Waals surface area contributed by atoms with Gasteiger partial charge in [-0.1, -0.05) is 24.3 Å². The van der Waals surface area contributed by atoms with E-state index in [9.17, 15) is 8.42 Å². The van der Waals surface area contributed by atoms with Gasteiger partial charge >= 0.3 is 0 Å². The summed E-state index contributed by atoms with van der Waals surface area (Å²) in [6.45, 7) is 5.53. The fourth-order valence-corrected chi connectivity index (χ4v) is 3.35. The van der Waals surface area contributed by atoms with Gasteiger partial charge in [-0.2, -0.15) is 0 Å². The van der Waals surface area contributed by atoms with Crippen LogP contribution in [0.4, 0.5) is 0 Å². The molecule has 0 aliphatic heterocycles. The van der Waals surface area contributed by atoms with Crippen molar-refractivity contribution in [3.05, 3.63) is 35.4 Å². The zero-order chi connectivity index (χ0) is 14.5. The lowest BCUT2D eigenvalue weighted by atomic mass is 9.96. The van der Waals surface area contributed by atoms with Crippen molar-refractivity contribution in [2.75, 3.05) is 11.6 Å². The van der Waals surface area contributed by atoms with E-state index in [0.717, 1.165) is 6.42 Å². The molecule has 0 heterocycles. The molecule has 0 aliphatic carbocycles. The molecule has 1 rings (SSSR count). The molecule has 108 valence electrons. The van der Waals surface area contributed by atoms with Crippen LogP contribution < -0.4 is 0 Å². The van der Waals surface area contributed by atoms with Crippen LogP contribution >= 0.6 is 11.6 Å². The highest BCUT2D eigenvalue weighted by Crippen LogP contribution is 2.18. The lowest BCUT2D eigenvalue weighted by molar-refractivity contribution is 0.543. The summed E-state index contributed by atoms with van der Waals surface area (Å²) in [5, 5.41) is -0.304. The van der Waals surface area contributed by atoms with Crippen LogP contribution in [0.2, 0.25) is 0 Å². The summed E-state index contributed by atoms with van der Waals surface area (Å²) >= 11 is 5.98. The molecule has 0 radical (unpaired) electrons. The number of halogens is 1. The Kier molecular flexibility index (Phi) is 6.34. The third kappa shape index (κ3) is 5.15. The van der Waals surface area contributed by atoms with Gasteiger partial charge in [-0.15, -0.1) is 11.6 Å². The second kappa shape index (κ2) is 7.30. The molecule has 0 N–H and O–H groups in total. The highest BCUT2D eigenvalue weighted by atomic mass is 35.5. The third-order valence-electron chi connectivity index (χ3n) is 3.52. The van der Waals surface area contributed by atoms with Gasteiger partial charge in [-0.3, -0.25) is 0 Å².